The van der Waals surface area contributed by atoms with Crippen LogP contribution in [0.2, 0.25) is 0 Å². The number of aromatic nitrogens is 1. The van der Waals surface area contributed by atoms with E-state index in [-0.39, 0.29) is 6.10 Å². The molecule has 0 radical (unpaired) electrons. The fraction of sp³-hybridized carbons (Fsp3) is 0.706. The van der Waals surface area contributed by atoms with Gasteiger partial charge in [0.2, 0.25) is 5.88 Å². The van der Waals surface area contributed by atoms with Gasteiger partial charge >= 0.3 is 0 Å². The van der Waals surface area contributed by atoms with Crippen molar-refractivity contribution < 1.29 is 9.84 Å². The topological polar surface area (TPSA) is 42.4 Å². The molecule has 3 nitrogen and oxygen atoms in total. The summed E-state index contributed by atoms with van der Waals surface area (Å²) in [5.41, 5.74) is 1.07. The van der Waals surface area contributed by atoms with Crippen LogP contribution in [0, 0.1) is 0 Å². The normalized spacial score (nSPS) is 12.3. The van der Waals surface area contributed by atoms with Gasteiger partial charge in [-0.05, 0) is 18.4 Å². The maximum atomic E-state index is 10.0. The summed E-state index contributed by atoms with van der Waals surface area (Å²) in [5, 5.41) is 10.0. The van der Waals surface area contributed by atoms with Crippen molar-refractivity contribution in [2.45, 2.75) is 70.8 Å². The van der Waals surface area contributed by atoms with Gasteiger partial charge in [0, 0.05) is 12.3 Å². The molecule has 114 valence electrons. The van der Waals surface area contributed by atoms with Crippen molar-refractivity contribution in [2.75, 3.05) is 7.11 Å². The van der Waals surface area contributed by atoms with Crippen LogP contribution in [-0.2, 0) is 6.42 Å². The predicted octanol–water partition coefficient (Wildman–Crippen LogP) is 4.13. The van der Waals surface area contributed by atoms with Crippen LogP contribution < -0.4 is 4.74 Å². The van der Waals surface area contributed by atoms with Crippen molar-refractivity contribution in [1.29, 1.82) is 0 Å². The Bertz CT molecular complexity index is 337. The molecule has 0 saturated heterocycles. The average Bonchev–Trinajstić information content (AvgIpc) is 2.47. The fourth-order valence-corrected chi connectivity index (χ4v) is 2.36. The van der Waals surface area contributed by atoms with Crippen LogP contribution in [0.25, 0.3) is 0 Å². The Morgan fingerprint density at radius 3 is 2.40 bits per heavy atom. The van der Waals surface area contributed by atoms with Crippen molar-refractivity contribution in [1.82, 2.24) is 4.98 Å². The number of aliphatic hydroxyl groups is 1. The highest BCUT2D eigenvalue weighted by Gasteiger charge is 2.06. The first-order valence-corrected chi connectivity index (χ1v) is 7.93. The molecule has 0 aliphatic heterocycles. The van der Waals surface area contributed by atoms with Crippen molar-refractivity contribution in [2.24, 2.45) is 0 Å². The van der Waals surface area contributed by atoms with Gasteiger partial charge in [0.05, 0.1) is 13.2 Å². The first-order chi connectivity index (χ1) is 9.76. The van der Waals surface area contributed by atoms with Gasteiger partial charge in [-0.3, -0.25) is 0 Å². The third-order valence-corrected chi connectivity index (χ3v) is 3.62. The van der Waals surface area contributed by atoms with Gasteiger partial charge in [-0.2, -0.15) is 0 Å². The van der Waals surface area contributed by atoms with Gasteiger partial charge in [-0.15, -0.1) is 0 Å². The Kier molecular flexibility index (Phi) is 9.05. The minimum atomic E-state index is -0.249. The van der Waals surface area contributed by atoms with E-state index < -0.39 is 0 Å². The summed E-state index contributed by atoms with van der Waals surface area (Å²) < 4.78 is 5.02. The lowest BCUT2D eigenvalue weighted by atomic mass is 10.0. The minimum absolute atomic E-state index is 0.249. The molecule has 1 aromatic rings. The number of ether oxygens (including phenoxy) is 1. The van der Waals surface area contributed by atoms with E-state index in [9.17, 15) is 5.11 Å². The van der Waals surface area contributed by atoms with Crippen LogP contribution in [0.1, 0.15) is 63.9 Å². The van der Waals surface area contributed by atoms with Gasteiger partial charge in [0.25, 0.3) is 0 Å². The molecule has 1 atom stereocenters. The largest absolute Gasteiger partial charge is 0.481 e. The van der Waals surface area contributed by atoms with Crippen LogP contribution in [-0.4, -0.2) is 23.3 Å². The highest BCUT2D eigenvalue weighted by Crippen LogP contribution is 2.13. The molecule has 0 spiro atoms. The Morgan fingerprint density at radius 1 is 1.10 bits per heavy atom. The van der Waals surface area contributed by atoms with Crippen LogP contribution in [0.4, 0.5) is 0 Å². The molecule has 20 heavy (non-hydrogen) atoms. The zero-order chi connectivity index (χ0) is 14.6. The van der Waals surface area contributed by atoms with Gasteiger partial charge in [0.1, 0.15) is 0 Å². The smallest absolute Gasteiger partial charge is 0.212 e. The molecule has 1 unspecified atom stereocenters. The molecule has 1 rings (SSSR count). The zero-order valence-corrected chi connectivity index (χ0v) is 13.0. The highest BCUT2D eigenvalue weighted by molar-refractivity contribution is 5.18. The van der Waals surface area contributed by atoms with Crippen LogP contribution in [0.5, 0.6) is 5.88 Å². The molecule has 3 heteroatoms. The van der Waals surface area contributed by atoms with Crippen molar-refractivity contribution in [3.8, 4) is 5.88 Å². The second-order valence-corrected chi connectivity index (χ2v) is 5.48. The maximum Gasteiger partial charge on any atom is 0.212 e. The Morgan fingerprint density at radius 2 is 1.80 bits per heavy atom. The highest BCUT2D eigenvalue weighted by atomic mass is 16.5. The molecular formula is C17H29NO2. The van der Waals surface area contributed by atoms with E-state index in [0.717, 1.165) is 18.4 Å². The van der Waals surface area contributed by atoms with Gasteiger partial charge < -0.3 is 9.84 Å². The van der Waals surface area contributed by atoms with E-state index in [1.165, 1.54) is 38.5 Å². The van der Waals surface area contributed by atoms with Gasteiger partial charge in [-0.25, -0.2) is 4.98 Å². The van der Waals surface area contributed by atoms with E-state index in [1.807, 2.05) is 12.1 Å². The Balaban J connectivity index is 2.08. The number of hydrogen-bond donors (Lipinski definition) is 1. The summed E-state index contributed by atoms with van der Waals surface area (Å²) in [7, 11) is 1.61. The van der Waals surface area contributed by atoms with Crippen molar-refractivity contribution >= 4 is 0 Å². The molecular weight excluding hydrogens is 250 g/mol. The number of rotatable bonds is 11. The SMILES string of the molecule is CCCCCCCCCC(O)Cc1ccc(OC)nc1. The number of methoxy groups -OCH3 is 1. The van der Waals surface area contributed by atoms with Crippen molar-refractivity contribution in [3.05, 3.63) is 23.9 Å². The standard InChI is InChI=1S/C17H29NO2/c1-3-4-5-6-7-8-9-10-16(19)13-15-11-12-17(20-2)18-14-15/h11-12,14,16,19H,3-10,13H2,1-2H3. The molecule has 1 aromatic heterocycles. The number of aliphatic hydroxyl groups excluding tert-OH is 1. The van der Waals surface area contributed by atoms with E-state index in [4.69, 9.17) is 4.74 Å². The van der Waals surface area contributed by atoms with E-state index in [1.54, 1.807) is 13.3 Å². The van der Waals surface area contributed by atoms with E-state index >= 15 is 0 Å². The van der Waals surface area contributed by atoms with E-state index in [0.29, 0.717) is 12.3 Å². The first-order valence-electron chi connectivity index (χ1n) is 7.93. The molecule has 0 fully saturated rings. The molecule has 1 heterocycles. The monoisotopic (exact) mass is 279 g/mol. The van der Waals surface area contributed by atoms with Gasteiger partial charge in [0.15, 0.2) is 0 Å². The number of hydrogen-bond acceptors (Lipinski definition) is 3. The maximum absolute atomic E-state index is 10.0. The lowest BCUT2D eigenvalue weighted by Gasteiger charge is -2.10. The molecule has 0 saturated carbocycles. The second kappa shape index (κ2) is 10.7. The quantitative estimate of drug-likeness (QED) is 0.619. The third kappa shape index (κ3) is 7.49. The summed E-state index contributed by atoms with van der Waals surface area (Å²) in [5.74, 6) is 0.621. The second-order valence-electron chi connectivity index (χ2n) is 5.48. The molecule has 0 aliphatic rings. The number of pyridine rings is 1. The number of unbranched alkanes of at least 4 members (excludes halogenated alkanes) is 6. The Labute approximate surface area is 123 Å². The molecule has 0 aliphatic carbocycles. The summed E-state index contributed by atoms with van der Waals surface area (Å²) in [6.45, 7) is 2.24. The summed E-state index contributed by atoms with van der Waals surface area (Å²) in [6, 6.07) is 3.82. The lowest BCUT2D eigenvalue weighted by Crippen LogP contribution is -2.10. The third-order valence-electron chi connectivity index (χ3n) is 3.62. The first kappa shape index (κ1) is 17.0. The van der Waals surface area contributed by atoms with Crippen molar-refractivity contribution in [3.63, 3.8) is 0 Å². The summed E-state index contributed by atoms with van der Waals surface area (Å²) in [4.78, 5) is 4.16. The summed E-state index contributed by atoms with van der Waals surface area (Å²) in [6.07, 6.45) is 12.1. The average molecular weight is 279 g/mol. The zero-order valence-electron chi connectivity index (χ0n) is 13.0. The van der Waals surface area contributed by atoms with Gasteiger partial charge in [-0.1, -0.05) is 57.9 Å². The Hall–Kier alpha value is -1.09. The fourth-order valence-electron chi connectivity index (χ4n) is 2.36. The van der Waals surface area contributed by atoms with Crippen LogP contribution in [0.3, 0.4) is 0 Å². The predicted molar refractivity (Wildman–Crippen MR) is 83.1 cm³/mol. The van der Waals surface area contributed by atoms with Crippen LogP contribution >= 0.6 is 0 Å². The molecule has 0 amide bonds. The molecule has 1 N–H and O–H groups in total. The number of nitrogens with zero attached hydrogens (tertiary/aromatic N) is 1. The molecule has 0 bridgehead atoms. The minimum Gasteiger partial charge on any atom is -0.481 e. The lowest BCUT2D eigenvalue weighted by molar-refractivity contribution is 0.160. The molecule has 0 aromatic carbocycles. The summed E-state index contributed by atoms with van der Waals surface area (Å²) >= 11 is 0. The van der Waals surface area contributed by atoms with E-state index in [2.05, 4.69) is 11.9 Å². The van der Waals surface area contributed by atoms with Crippen LogP contribution in [0.15, 0.2) is 18.3 Å².